The van der Waals surface area contributed by atoms with Gasteiger partial charge in [0.1, 0.15) is 5.75 Å². The maximum Gasteiger partial charge on any atom is 0.207 e. The van der Waals surface area contributed by atoms with Crippen LogP contribution in [0, 0.1) is 0 Å². The first-order valence-corrected chi connectivity index (χ1v) is 6.00. The molecule has 0 aliphatic carbocycles. The molecule has 0 saturated heterocycles. The smallest absolute Gasteiger partial charge is 0.207 e. The number of nitrogens with zero attached hydrogens (tertiary/aromatic N) is 1. The van der Waals surface area contributed by atoms with Crippen LogP contribution in [0.15, 0.2) is 23.1 Å². The van der Waals surface area contributed by atoms with Gasteiger partial charge in [0.15, 0.2) is 0 Å². The fourth-order valence-electron chi connectivity index (χ4n) is 1.80. The number of phenolic OH excluding ortho intramolecular Hbond substituents is 1. The van der Waals surface area contributed by atoms with Gasteiger partial charge < -0.3 is 15.3 Å². The molecule has 2 N–H and O–H groups in total. The van der Waals surface area contributed by atoms with Crippen LogP contribution in [0.3, 0.4) is 0 Å². The van der Waals surface area contributed by atoms with E-state index in [1.165, 1.54) is 0 Å². The first-order chi connectivity index (χ1) is 7.74. The van der Waals surface area contributed by atoms with Crippen LogP contribution < -0.4 is 10.2 Å². The van der Waals surface area contributed by atoms with Gasteiger partial charge in [0.25, 0.3) is 0 Å². The lowest BCUT2D eigenvalue weighted by Crippen LogP contribution is -2.28. The van der Waals surface area contributed by atoms with E-state index < -0.39 is 0 Å². The third kappa shape index (κ3) is 1.95. The van der Waals surface area contributed by atoms with Crippen LogP contribution in [0.25, 0.3) is 0 Å². The van der Waals surface area contributed by atoms with Crippen molar-refractivity contribution >= 4 is 23.9 Å². The molecule has 1 aliphatic rings. The molecule has 1 amide bonds. The molecule has 1 heterocycles. The van der Waals surface area contributed by atoms with Crippen molar-refractivity contribution in [2.45, 2.75) is 16.7 Å². The number of hydrogen-bond acceptors (Lipinski definition) is 4. The molecule has 1 aliphatic heterocycles. The molecule has 0 fully saturated rings. The first kappa shape index (κ1) is 11.1. The average molecular weight is 238 g/mol. The predicted octanol–water partition coefficient (Wildman–Crippen LogP) is 1.40. The largest absolute Gasteiger partial charge is 0.507 e. The van der Waals surface area contributed by atoms with Crippen molar-refractivity contribution in [1.82, 2.24) is 5.32 Å². The number of amides is 1. The lowest BCUT2D eigenvalue weighted by atomic mass is 10.2. The molecular weight excluding hydrogens is 224 g/mol. The summed E-state index contributed by atoms with van der Waals surface area (Å²) in [5.41, 5.74) is 1.06. The maximum atomic E-state index is 10.2. The molecule has 0 bridgehead atoms. The van der Waals surface area contributed by atoms with E-state index in [0.29, 0.717) is 18.7 Å². The quantitative estimate of drug-likeness (QED) is 0.615. The highest BCUT2D eigenvalue weighted by Crippen LogP contribution is 2.47. The number of aromatic hydroxyl groups is 1. The van der Waals surface area contributed by atoms with Gasteiger partial charge in [-0.15, -0.1) is 0 Å². The molecule has 0 saturated carbocycles. The van der Waals surface area contributed by atoms with Crippen LogP contribution in [0.4, 0.5) is 5.69 Å². The van der Waals surface area contributed by atoms with Crippen LogP contribution in [-0.4, -0.2) is 30.5 Å². The van der Waals surface area contributed by atoms with E-state index in [1.54, 1.807) is 17.8 Å². The van der Waals surface area contributed by atoms with Crippen molar-refractivity contribution in [2.24, 2.45) is 0 Å². The number of phenols is 1. The zero-order chi connectivity index (χ0) is 11.5. The fraction of sp³-hybridized carbons (Fsp3) is 0.364. The normalized spacial score (nSPS) is 18.3. The van der Waals surface area contributed by atoms with Gasteiger partial charge in [-0.1, -0.05) is 17.8 Å². The molecule has 0 spiro atoms. The highest BCUT2D eigenvalue weighted by molar-refractivity contribution is 8.00. The molecule has 16 heavy (non-hydrogen) atoms. The number of benzene rings is 1. The van der Waals surface area contributed by atoms with Crippen molar-refractivity contribution in [1.29, 1.82) is 0 Å². The van der Waals surface area contributed by atoms with Crippen molar-refractivity contribution in [3.05, 3.63) is 18.2 Å². The third-order valence-corrected chi connectivity index (χ3v) is 4.14. The van der Waals surface area contributed by atoms with E-state index in [1.807, 2.05) is 19.2 Å². The topological polar surface area (TPSA) is 52.6 Å². The summed E-state index contributed by atoms with van der Waals surface area (Å²) in [4.78, 5) is 13.2. The van der Waals surface area contributed by atoms with Gasteiger partial charge in [0.2, 0.25) is 6.41 Å². The predicted molar refractivity (Wildman–Crippen MR) is 64.8 cm³/mol. The Bertz CT molecular complexity index is 398. The monoisotopic (exact) mass is 238 g/mol. The number of fused-ring (bicyclic) bond motifs is 1. The van der Waals surface area contributed by atoms with Crippen LogP contribution >= 0.6 is 11.8 Å². The minimum Gasteiger partial charge on any atom is -0.507 e. The molecule has 1 aromatic rings. The standard InChI is InChI=1S/C11H14N2O2S/c1-13-8-3-2-4-9(15)11(8)16-10(13)5-6-12-7-14/h2-4,7,10,15H,5-6H2,1H3,(H,12,14). The molecule has 5 heteroatoms. The van der Waals surface area contributed by atoms with E-state index in [2.05, 4.69) is 10.2 Å². The van der Waals surface area contributed by atoms with E-state index in [9.17, 15) is 9.90 Å². The summed E-state index contributed by atoms with van der Waals surface area (Å²) in [6.07, 6.45) is 1.57. The maximum absolute atomic E-state index is 10.2. The van der Waals surface area contributed by atoms with Gasteiger partial charge in [-0.2, -0.15) is 0 Å². The van der Waals surface area contributed by atoms with E-state index in [0.717, 1.165) is 17.0 Å². The summed E-state index contributed by atoms with van der Waals surface area (Å²) in [6.45, 7) is 0.653. The van der Waals surface area contributed by atoms with Crippen LogP contribution in [-0.2, 0) is 4.79 Å². The zero-order valence-corrected chi connectivity index (χ0v) is 9.83. The van der Waals surface area contributed by atoms with Crippen molar-refractivity contribution in [3.8, 4) is 5.75 Å². The van der Waals surface area contributed by atoms with Gasteiger partial charge in [0.05, 0.1) is 16.0 Å². The van der Waals surface area contributed by atoms with Gasteiger partial charge >= 0.3 is 0 Å². The van der Waals surface area contributed by atoms with Gasteiger partial charge in [0, 0.05) is 13.6 Å². The van der Waals surface area contributed by atoms with Crippen molar-refractivity contribution < 1.29 is 9.90 Å². The second-order valence-corrected chi connectivity index (χ2v) is 4.86. The van der Waals surface area contributed by atoms with E-state index in [4.69, 9.17) is 0 Å². The van der Waals surface area contributed by atoms with Crippen molar-refractivity contribution in [2.75, 3.05) is 18.5 Å². The minimum absolute atomic E-state index is 0.274. The molecule has 0 radical (unpaired) electrons. The Balaban J connectivity index is 2.08. The molecule has 1 atom stereocenters. The van der Waals surface area contributed by atoms with Gasteiger partial charge in [-0.25, -0.2) is 0 Å². The number of carbonyl (C=O) groups excluding carboxylic acids is 1. The van der Waals surface area contributed by atoms with Gasteiger partial charge in [-0.3, -0.25) is 4.79 Å². The highest BCUT2D eigenvalue weighted by atomic mass is 32.2. The second-order valence-electron chi connectivity index (χ2n) is 3.67. The summed E-state index contributed by atoms with van der Waals surface area (Å²) in [5.74, 6) is 0.334. The lowest BCUT2D eigenvalue weighted by molar-refractivity contribution is -0.109. The summed E-state index contributed by atoms with van der Waals surface area (Å²) < 4.78 is 0. The number of rotatable bonds is 4. The number of hydrogen-bond donors (Lipinski definition) is 2. The van der Waals surface area contributed by atoms with Crippen molar-refractivity contribution in [3.63, 3.8) is 0 Å². The Morgan fingerprint density at radius 3 is 3.12 bits per heavy atom. The third-order valence-electron chi connectivity index (χ3n) is 2.66. The molecule has 2 rings (SSSR count). The van der Waals surface area contributed by atoms with Crippen LogP contribution in [0.5, 0.6) is 5.75 Å². The van der Waals surface area contributed by atoms with E-state index in [-0.39, 0.29) is 5.37 Å². The second kappa shape index (κ2) is 4.65. The Hall–Kier alpha value is -1.36. The summed E-state index contributed by atoms with van der Waals surface area (Å²) in [7, 11) is 2.00. The number of anilines is 1. The average Bonchev–Trinajstić information content (AvgIpc) is 2.59. The first-order valence-electron chi connectivity index (χ1n) is 5.12. The lowest BCUT2D eigenvalue weighted by Gasteiger charge is -2.20. The summed E-state index contributed by atoms with van der Waals surface area (Å²) in [6, 6.07) is 5.54. The van der Waals surface area contributed by atoms with E-state index >= 15 is 0 Å². The van der Waals surface area contributed by atoms with Crippen LogP contribution in [0.2, 0.25) is 0 Å². The Morgan fingerprint density at radius 1 is 1.62 bits per heavy atom. The summed E-state index contributed by atoms with van der Waals surface area (Å²) in [5, 5.41) is 12.6. The minimum atomic E-state index is 0.274. The number of thioether (sulfide) groups is 1. The molecule has 86 valence electrons. The zero-order valence-electron chi connectivity index (χ0n) is 9.01. The molecule has 0 aromatic heterocycles. The molecular formula is C11H14N2O2S. The Kier molecular flexibility index (Phi) is 3.24. The van der Waals surface area contributed by atoms with Gasteiger partial charge in [-0.05, 0) is 18.6 Å². The Labute approximate surface area is 98.6 Å². The number of carbonyl (C=O) groups is 1. The molecule has 4 nitrogen and oxygen atoms in total. The highest BCUT2D eigenvalue weighted by Gasteiger charge is 2.28. The SMILES string of the molecule is CN1c2cccc(O)c2SC1CCNC=O. The Morgan fingerprint density at radius 2 is 2.44 bits per heavy atom. The van der Waals surface area contributed by atoms with Crippen LogP contribution in [0.1, 0.15) is 6.42 Å². The fourth-order valence-corrected chi connectivity index (χ4v) is 3.10. The summed E-state index contributed by atoms with van der Waals surface area (Å²) >= 11 is 1.64. The molecule has 1 aromatic carbocycles. The number of nitrogens with one attached hydrogen (secondary N) is 1. The molecule has 1 unspecified atom stereocenters.